The molecule has 0 heterocycles. The monoisotopic (exact) mass is 229 g/mol. The summed E-state index contributed by atoms with van der Waals surface area (Å²) in [5.74, 6) is 0.628. The van der Waals surface area contributed by atoms with Crippen molar-refractivity contribution in [1.29, 1.82) is 0 Å². The van der Waals surface area contributed by atoms with Crippen LogP contribution in [0.3, 0.4) is 0 Å². The predicted octanol–water partition coefficient (Wildman–Crippen LogP) is 3.00. The van der Waals surface area contributed by atoms with E-state index in [9.17, 15) is 8.78 Å². The number of hydrogen-bond acceptors (Lipinski definition) is 2. The van der Waals surface area contributed by atoms with Gasteiger partial charge < -0.3 is 10.1 Å². The van der Waals surface area contributed by atoms with Gasteiger partial charge in [-0.3, -0.25) is 0 Å². The van der Waals surface area contributed by atoms with Gasteiger partial charge in [-0.1, -0.05) is 19.1 Å². The van der Waals surface area contributed by atoms with Crippen LogP contribution < -0.4 is 10.1 Å². The summed E-state index contributed by atoms with van der Waals surface area (Å²) in [7, 11) is 0. The molecule has 0 aliphatic carbocycles. The Balaban J connectivity index is 2.86. The van der Waals surface area contributed by atoms with Crippen LogP contribution in [-0.2, 0) is 0 Å². The highest BCUT2D eigenvalue weighted by Gasteiger charge is 2.21. The summed E-state index contributed by atoms with van der Waals surface area (Å²) in [4.78, 5) is 0. The third-order valence-corrected chi connectivity index (χ3v) is 2.20. The molecule has 1 N–H and O–H groups in total. The van der Waals surface area contributed by atoms with Crippen LogP contribution in [0.15, 0.2) is 24.3 Å². The van der Waals surface area contributed by atoms with Crippen molar-refractivity contribution in [3.8, 4) is 5.75 Å². The van der Waals surface area contributed by atoms with E-state index in [1.54, 1.807) is 24.3 Å². The van der Waals surface area contributed by atoms with E-state index < -0.39 is 12.5 Å². The van der Waals surface area contributed by atoms with E-state index in [1.807, 2.05) is 13.8 Å². The number of halogens is 2. The van der Waals surface area contributed by atoms with Gasteiger partial charge in [-0.15, -0.1) is 0 Å². The quantitative estimate of drug-likeness (QED) is 0.809. The van der Waals surface area contributed by atoms with Crippen LogP contribution in [0.25, 0.3) is 0 Å². The number of rotatable bonds is 6. The molecule has 0 aliphatic rings. The van der Waals surface area contributed by atoms with Gasteiger partial charge in [0.05, 0.1) is 12.6 Å². The van der Waals surface area contributed by atoms with E-state index in [4.69, 9.17) is 4.74 Å². The normalized spacial score (nSPS) is 12.8. The summed E-state index contributed by atoms with van der Waals surface area (Å²) in [5, 5.41) is 2.76. The molecule has 0 spiro atoms. The second-order valence-corrected chi connectivity index (χ2v) is 3.38. The van der Waals surface area contributed by atoms with Crippen molar-refractivity contribution in [2.24, 2.45) is 0 Å². The Morgan fingerprint density at radius 3 is 2.62 bits per heavy atom. The molecule has 0 saturated heterocycles. The van der Waals surface area contributed by atoms with Crippen LogP contribution in [0.4, 0.5) is 8.78 Å². The molecule has 2 nitrogen and oxygen atoms in total. The lowest BCUT2D eigenvalue weighted by Gasteiger charge is -2.18. The minimum atomic E-state index is -2.42. The van der Waals surface area contributed by atoms with Crippen molar-refractivity contribution in [1.82, 2.24) is 5.32 Å². The topological polar surface area (TPSA) is 21.3 Å². The smallest absolute Gasteiger partial charge is 0.257 e. The standard InChI is InChI=1S/C12H17F2NO/c1-3-15-11(12(13)14)9-6-5-7-10(8-9)16-4-2/h5-8,11-12,15H,3-4H2,1-2H3. The van der Waals surface area contributed by atoms with Crippen LogP contribution >= 0.6 is 0 Å². The van der Waals surface area contributed by atoms with Gasteiger partial charge in [-0.25, -0.2) is 8.78 Å². The second-order valence-electron chi connectivity index (χ2n) is 3.38. The summed E-state index contributed by atoms with van der Waals surface area (Å²) >= 11 is 0. The summed E-state index contributed by atoms with van der Waals surface area (Å²) < 4.78 is 30.9. The number of alkyl halides is 2. The van der Waals surface area contributed by atoms with Gasteiger partial charge >= 0.3 is 0 Å². The maximum Gasteiger partial charge on any atom is 0.257 e. The highest BCUT2D eigenvalue weighted by Crippen LogP contribution is 2.24. The van der Waals surface area contributed by atoms with Crippen LogP contribution in [-0.4, -0.2) is 19.6 Å². The van der Waals surface area contributed by atoms with Crippen molar-refractivity contribution in [2.45, 2.75) is 26.3 Å². The van der Waals surface area contributed by atoms with Gasteiger partial charge in [-0.2, -0.15) is 0 Å². The van der Waals surface area contributed by atoms with Gasteiger partial charge in [0, 0.05) is 0 Å². The lowest BCUT2D eigenvalue weighted by molar-refractivity contribution is 0.0992. The molecule has 90 valence electrons. The van der Waals surface area contributed by atoms with Gasteiger partial charge in [0.25, 0.3) is 6.43 Å². The molecule has 1 aromatic rings. The minimum Gasteiger partial charge on any atom is -0.494 e. The molecular weight excluding hydrogens is 212 g/mol. The van der Waals surface area contributed by atoms with Crippen molar-refractivity contribution >= 4 is 0 Å². The molecular formula is C12H17F2NO. The zero-order chi connectivity index (χ0) is 12.0. The van der Waals surface area contributed by atoms with E-state index >= 15 is 0 Å². The molecule has 0 bridgehead atoms. The van der Waals surface area contributed by atoms with Crippen molar-refractivity contribution < 1.29 is 13.5 Å². The van der Waals surface area contributed by atoms with E-state index in [0.717, 1.165) is 0 Å². The Kier molecular flexibility index (Phi) is 5.19. The first-order valence-electron chi connectivity index (χ1n) is 5.43. The summed E-state index contributed by atoms with van der Waals surface area (Å²) in [6.45, 7) is 4.71. The zero-order valence-corrected chi connectivity index (χ0v) is 9.54. The average Bonchev–Trinajstić information content (AvgIpc) is 2.26. The van der Waals surface area contributed by atoms with Crippen LogP contribution in [0.2, 0.25) is 0 Å². The largest absolute Gasteiger partial charge is 0.494 e. The van der Waals surface area contributed by atoms with E-state index in [-0.39, 0.29) is 0 Å². The first-order chi connectivity index (χ1) is 7.69. The Labute approximate surface area is 94.6 Å². The molecule has 1 rings (SSSR count). The highest BCUT2D eigenvalue weighted by atomic mass is 19.3. The highest BCUT2D eigenvalue weighted by molar-refractivity contribution is 5.31. The maximum absolute atomic E-state index is 12.8. The summed E-state index contributed by atoms with van der Waals surface area (Å²) in [6, 6.07) is 5.91. The fraction of sp³-hybridized carbons (Fsp3) is 0.500. The number of nitrogens with one attached hydrogen (secondary N) is 1. The summed E-state index contributed by atoms with van der Waals surface area (Å²) in [6.07, 6.45) is -2.42. The number of ether oxygens (including phenoxy) is 1. The average molecular weight is 229 g/mol. The molecule has 0 aromatic heterocycles. The molecule has 1 aromatic carbocycles. The van der Waals surface area contributed by atoms with Crippen LogP contribution in [0, 0.1) is 0 Å². The van der Waals surface area contributed by atoms with Crippen LogP contribution in [0.5, 0.6) is 5.75 Å². The third-order valence-electron chi connectivity index (χ3n) is 2.20. The van der Waals surface area contributed by atoms with Gasteiger partial charge in [0.1, 0.15) is 5.75 Å². The van der Waals surface area contributed by atoms with Gasteiger partial charge in [0.2, 0.25) is 0 Å². The summed E-state index contributed by atoms with van der Waals surface area (Å²) in [5.41, 5.74) is 0.558. The Morgan fingerprint density at radius 2 is 2.06 bits per heavy atom. The lowest BCUT2D eigenvalue weighted by Crippen LogP contribution is -2.27. The van der Waals surface area contributed by atoms with Gasteiger partial charge in [-0.05, 0) is 31.2 Å². The first-order valence-corrected chi connectivity index (χ1v) is 5.43. The Morgan fingerprint density at radius 1 is 1.31 bits per heavy atom. The van der Waals surface area contributed by atoms with E-state index in [1.165, 1.54) is 0 Å². The van der Waals surface area contributed by atoms with Gasteiger partial charge in [0.15, 0.2) is 0 Å². The third kappa shape index (κ3) is 3.45. The molecule has 16 heavy (non-hydrogen) atoms. The van der Waals surface area contributed by atoms with Crippen LogP contribution in [0.1, 0.15) is 25.5 Å². The molecule has 1 unspecified atom stereocenters. The number of hydrogen-bond donors (Lipinski definition) is 1. The van der Waals surface area contributed by atoms with E-state index in [2.05, 4.69) is 5.32 Å². The Hall–Kier alpha value is -1.16. The second kappa shape index (κ2) is 6.43. The maximum atomic E-state index is 12.8. The molecule has 0 fully saturated rings. The zero-order valence-electron chi connectivity index (χ0n) is 9.54. The first kappa shape index (κ1) is 12.9. The SMILES string of the molecule is CCNC(c1cccc(OCC)c1)C(F)F. The lowest BCUT2D eigenvalue weighted by atomic mass is 10.1. The molecule has 0 aliphatic heterocycles. The molecule has 0 saturated carbocycles. The molecule has 0 radical (unpaired) electrons. The number of benzene rings is 1. The van der Waals surface area contributed by atoms with Crippen molar-refractivity contribution in [3.63, 3.8) is 0 Å². The molecule has 1 atom stereocenters. The van der Waals surface area contributed by atoms with E-state index in [0.29, 0.717) is 24.5 Å². The minimum absolute atomic E-state index is 0.508. The van der Waals surface area contributed by atoms with Crippen molar-refractivity contribution in [3.05, 3.63) is 29.8 Å². The fourth-order valence-electron chi connectivity index (χ4n) is 1.54. The fourth-order valence-corrected chi connectivity index (χ4v) is 1.54. The predicted molar refractivity (Wildman–Crippen MR) is 60.0 cm³/mol. The molecule has 4 heteroatoms. The molecule has 0 amide bonds. The Bertz CT molecular complexity index is 318. The van der Waals surface area contributed by atoms with Crippen molar-refractivity contribution in [2.75, 3.05) is 13.2 Å².